The average Bonchev–Trinajstić information content (AvgIpc) is 1.76. The topological polar surface area (TPSA) is 49.4 Å². The minimum absolute atomic E-state index is 0.287. The van der Waals surface area contributed by atoms with E-state index in [1.807, 2.05) is 0 Å². The van der Waals surface area contributed by atoms with E-state index in [9.17, 15) is 9.90 Å². The number of hydrogen-bond acceptors (Lipinski definition) is 2. The van der Waals surface area contributed by atoms with Gasteiger partial charge in [-0.05, 0) is 20.8 Å². The first-order chi connectivity index (χ1) is 5.38. The van der Waals surface area contributed by atoms with Gasteiger partial charge in [0, 0.05) is 0 Å². The van der Waals surface area contributed by atoms with Crippen LogP contribution in [0.4, 0.5) is 4.79 Å². The third-order valence-electron chi connectivity index (χ3n) is 1.50. The zero-order chi connectivity index (χ0) is 9.35. The van der Waals surface area contributed by atoms with Crippen LogP contribution in [0.3, 0.4) is 0 Å². The zero-order valence-electron chi connectivity index (χ0n) is 7.66. The monoisotopic (exact) mass is 172 g/mol. The Bertz CT molecular complexity index is 179. The number of rotatable bonds is 0. The summed E-state index contributed by atoms with van der Waals surface area (Å²) < 4.78 is 5.04. The van der Waals surface area contributed by atoms with Gasteiger partial charge >= 0.3 is 6.09 Å². The second-order valence-electron chi connectivity index (χ2n) is 4.01. The number of ether oxygens (including phenoxy) is 1. The normalized spacial score (nSPS) is 18.8. The van der Waals surface area contributed by atoms with Crippen LogP contribution in [0.25, 0.3) is 0 Å². The van der Waals surface area contributed by atoms with Gasteiger partial charge in [-0.15, -0.1) is 0 Å². The van der Waals surface area contributed by atoms with Gasteiger partial charge in [0.25, 0.3) is 0 Å². The first-order valence-electron chi connectivity index (χ1n) is 4.02. The smallest absolute Gasteiger partial charge is 0.410 e. The minimum Gasteiger partial charge on any atom is -0.444 e. The van der Waals surface area contributed by atoms with Crippen LogP contribution in [-0.4, -0.2) is 35.8 Å². The summed E-state index contributed by atoms with van der Waals surface area (Å²) in [5, 5.41) is 10.6. The third-order valence-corrected chi connectivity index (χ3v) is 1.50. The first kappa shape index (κ1) is 9.32. The van der Waals surface area contributed by atoms with Gasteiger partial charge in [-0.3, -0.25) is 0 Å². The van der Waals surface area contributed by atoms with E-state index in [0.717, 1.165) is 0 Å². The van der Waals surface area contributed by atoms with Gasteiger partial charge in [-0.25, -0.2) is 9.90 Å². The van der Waals surface area contributed by atoms with Crippen molar-refractivity contribution in [2.24, 2.45) is 0 Å². The van der Waals surface area contributed by atoms with Crippen molar-refractivity contribution in [3.8, 4) is 0 Å². The Morgan fingerprint density at radius 1 is 1.42 bits per heavy atom. The standard InChI is InChI=1S/C8H14NO3/c1-8(2,3)12-7(11)9-4-6(10)5-9/h6H,4-5H2,1-3H3. The summed E-state index contributed by atoms with van der Waals surface area (Å²) in [5.74, 6) is 0. The highest BCUT2D eigenvalue weighted by Crippen LogP contribution is 2.14. The van der Waals surface area contributed by atoms with Gasteiger partial charge in [-0.1, -0.05) is 0 Å². The van der Waals surface area contributed by atoms with Crippen molar-refractivity contribution in [3.05, 3.63) is 0 Å². The second kappa shape index (κ2) is 2.94. The van der Waals surface area contributed by atoms with E-state index in [-0.39, 0.29) is 19.2 Å². The number of hydrogen-bond donors (Lipinski definition) is 0. The summed E-state index contributed by atoms with van der Waals surface area (Å²) in [4.78, 5) is 12.6. The van der Waals surface area contributed by atoms with Gasteiger partial charge in [-0.2, -0.15) is 0 Å². The lowest BCUT2D eigenvalue weighted by Crippen LogP contribution is -2.54. The van der Waals surface area contributed by atoms with Crippen LogP contribution < -0.4 is 0 Å². The lowest BCUT2D eigenvalue weighted by Gasteiger charge is -2.35. The number of carbonyl (C=O) groups is 1. The Balaban J connectivity index is 2.30. The summed E-state index contributed by atoms with van der Waals surface area (Å²) in [7, 11) is 0. The van der Waals surface area contributed by atoms with Crippen molar-refractivity contribution in [1.82, 2.24) is 4.90 Å². The van der Waals surface area contributed by atoms with E-state index < -0.39 is 11.7 Å². The van der Waals surface area contributed by atoms with E-state index in [0.29, 0.717) is 0 Å². The Hall–Kier alpha value is -0.770. The molecule has 0 atom stereocenters. The molecular weight excluding hydrogens is 158 g/mol. The third kappa shape index (κ3) is 2.37. The average molecular weight is 172 g/mol. The van der Waals surface area contributed by atoms with Crippen LogP contribution in [0.15, 0.2) is 0 Å². The van der Waals surface area contributed by atoms with Crippen molar-refractivity contribution in [2.75, 3.05) is 13.1 Å². The van der Waals surface area contributed by atoms with E-state index in [1.54, 1.807) is 20.8 Å². The molecule has 1 amide bonds. The quantitative estimate of drug-likeness (QED) is 0.548. The second-order valence-corrected chi connectivity index (χ2v) is 4.01. The molecular formula is C8H14NO3. The number of carbonyl (C=O) groups excluding carboxylic acids is 1. The molecule has 0 saturated carbocycles. The Kier molecular flexibility index (Phi) is 2.28. The van der Waals surface area contributed by atoms with Crippen molar-refractivity contribution in [2.45, 2.75) is 32.5 Å². The van der Waals surface area contributed by atoms with E-state index in [1.165, 1.54) is 4.90 Å². The molecule has 1 heterocycles. The predicted octanol–water partition coefficient (Wildman–Crippen LogP) is 1.04. The first-order valence-corrected chi connectivity index (χ1v) is 4.02. The van der Waals surface area contributed by atoms with Crippen molar-refractivity contribution < 1.29 is 14.6 Å². The van der Waals surface area contributed by atoms with E-state index in [4.69, 9.17) is 4.74 Å². The lowest BCUT2D eigenvalue weighted by molar-refractivity contribution is -0.0562. The number of nitrogens with zero attached hydrogens (tertiary/aromatic N) is 1. The highest BCUT2D eigenvalue weighted by molar-refractivity contribution is 5.69. The van der Waals surface area contributed by atoms with Crippen molar-refractivity contribution in [3.63, 3.8) is 0 Å². The molecule has 0 bridgehead atoms. The molecule has 1 rings (SSSR count). The predicted molar refractivity (Wildman–Crippen MR) is 42.3 cm³/mol. The van der Waals surface area contributed by atoms with Crippen LogP contribution in [0.1, 0.15) is 20.8 Å². The molecule has 1 aliphatic rings. The maximum Gasteiger partial charge on any atom is 0.410 e. The molecule has 0 spiro atoms. The van der Waals surface area contributed by atoms with E-state index in [2.05, 4.69) is 0 Å². The molecule has 69 valence electrons. The number of likely N-dealkylation sites (tertiary alicyclic amines) is 1. The summed E-state index contributed by atoms with van der Waals surface area (Å²) in [6.07, 6.45) is -0.993. The van der Waals surface area contributed by atoms with Gasteiger partial charge in [0.05, 0.1) is 13.1 Å². The Morgan fingerprint density at radius 3 is 2.25 bits per heavy atom. The Labute approximate surface area is 72.1 Å². The van der Waals surface area contributed by atoms with Crippen LogP contribution in [0.2, 0.25) is 0 Å². The molecule has 0 N–H and O–H groups in total. The van der Waals surface area contributed by atoms with Gasteiger partial charge in [0.15, 0.2) is 0 Å². The Morgan fingerprint density at radius 2 is 1.92 bits per heavy atom. The molecule has 1 saturated heterocycles. The van der Waals surface area contributed by atoms with E-state index >= 15 is 0 Å². The molecule has 0 aromatic rings. The molecule has 0 aromatic heterocycles. The van der Waals surface area contributed by atoms with Gasteiger partial charge < -0.3 is 9.64 Å². The largest absolute Gasteiger partial charge is 0.444 e. The van der Waals surface area contributed by atoms with Crippen molar-refractivity contribution in [1.29, 1.82) is 0 Å². The van der Waals surface area contributed by atoms with Gasteiger partial charge in [0.2, 0.25) is 0 Å². The molecule has 0 unspecified atom stereocenters. The summed E-state index contributed by atoms with van der Waals surface area (Å²) in [5.41, 5.74) is -0.467. The van der Waals surface area contributed by atoms with Crippen LogP contribution in [0, 0.1) is 0 Å². The minimum atomic E-state index is -0.613. The molecule has 0 aromatic carbocycles. The maximum absolute atomic E-state index is 11.2. The highest BCUT2D eigenvalue weighted by atomic mass is 16.6. The molecule has 1 aliphatic heterocycles. The summed E-state index contributed by atoms with van der Waals surface area (Å²) in [6, 6.07) is 0. The zero-order valence-corrected chi connectivity index (χ0v) is 7.66. The fourth-order valence-corrected chi connectivity index (χ4v) is 0.914. The lowest BCUT2D eigenvalue weighted by atomic mass is 10.2. The maximum atomic E-state index is 11.2. The SMILES string of the molecule is CC(C)(C)OC(=O)N1CC([O])C1. The summed E-state index contributed by atoms with van der Waals surface area (Å²) in [6.45, 7) is 5.99. The molecule has 12 heavy (non-hydrogen) atoms. The van der Waals surface area contributed by atoms with Crippen LogP contribution in [-0.2, 0) is 9.84 Å². The van der Waals surface area contributed by atoms with Crippen molar-refractivity contribution >= 4 is 6.09 Å². The number of amides is 1. The van der Waals surface area contributed by atoms with Crippen LogP contribution >= 0.6 is 0 Å². The highest BCUT2D eigenvalue weighted by Gasteiger charge is 2.33. The molecule has 1 radical (unpaired) electrons. The fraction of sp³-hybridized carbons (Fsp3) is 0.875. The summed E-state index contributed by atoms with van der Waals surface area (Å²) >= 11 is 0. The molecule has 1 fully saturated rings. The van der Waals surface area contributed by atoms with Crippen LogP contribution in [0.5, 0.6) is 0 Å². The van der Waals surface area contributed by atoms with Gasteiger partial charge in [0.1, 0.15) is 11.7 Å². The molecule has 0 aliphatic carbocycles. The fourth-order valence-electron chi connectivity index (χ4n) is 0.914. The molecule has 4 nitrogen and oxygen atoms in total. The molecule has 4 heteroatoms.